The van der Waals surface area contributed by atoms with Crippen LogP contribution in [0.1, 0.15) is 46.8 Å². The van der Waals surface area contributed by atoms with E-state index in [1.165, 1.54) is 5.56 Å². The lowest BCUT2D eigenvalue weighted by Crippen LogP contribution is -2.15. The zero-order valence-corrected chi connectivity index (χ0v) is 18.7. The normalized spacial score (nSPS) is 15.5. The fourth-order valence-electron chi connectivity index (χ4n) is 5.05. The van der Waals surface area contributed by atoms with Gasteiger partial charge in [0.2, 0.25) is 5.91 Å². The Morgan fingerprint density at radius 3 is 2.70 bits per heavy atom. The van der Waals surface area contributed by atoms with Crippen molar-refractivity contribution in [1.82, 2.24) is 14.3 Å². The SMILES string of the molecule is Cc1nn(CCC(=O)O)c(C)c1C1CC(=O)Nc2cccc3c2c1cn3Cc1ccccc1. The third-order valence-corrected chi connectivity index (χ3v) is 6.49. The lowest BCUT2D eigenvalue weighted by atomic mass is 9.87. The molecule has 5 rings (SSSR count). The van der Waals surface area contributed by atoms with Crippen molar-refractivity contribution in [2.75, 3.05) is 5.32 Å². The number of nitrogens with zero attached hydrogens (tertiary/aromatic N) is 3. The van der Waals surface area contributed by atoms with Crippen molar-refractivity contribution >= 4 is 28.5 Å². The maximum Gasteiger partial charge on any atom is 0.305 e. The number of hydrogen-bond acceptors (Lipinski definition) is 3. The lowest BCUT2D eigenvalue weighted by molar-refractivity contribution is -0.137. The van der Waals surface area contributed by atoms with E-state index in [0.29, 0.717) is 13.0 Å². The third-order valence-electron chi connectivity index (χ3n) is 6.49. The molecule has 4 aromatic rings. The number of benzene rings is 2. The van der Waals surface area contributed by atoms with Crippen molar-refractivity contribution in [2.45, 2.75) is 45.7 Å². The minimum absolute atomic E-state index is 0.00703. The Labute approximate surface area is 191 Å². The van der Waals surface area contributed by atoms with Gasteiger partial charge in [-0.2, -0.15) is 5.10 Å². The van der Waals surface area contributed by atoms with E-state index in [9.17, 15) is 9.59 Å². The molecule has 7 heteroatoms. The maximum atomic E-state index is 12.9. The lowest BCUT2D eigenvalue weighted by Gasteiger charge is -2.15. The zero-order chi connectivity index (χ0) is 23.1. The first-order valence-corrected chi connectivity index (χ1v) is 11.1. The number of rotatable bonds is 6. The number of aryl methyl sites for hydroxylation is 2. The van der Waals surface area contributed by atoms with Crippen LogP contribution in [0.5, 0.6) is 0 Å². The summed E-state index contributed by atoms with van der Waals surface area (Å²) in [5, 5.41) is 17.9. The van der Waals surface area contributed by atoms with Gasteiger partial charge in [-0.25, -0.2) is 0 Å². The van der Waals surface area contributed by atoms with Gasteiger partial charge in [-0.3, -0.25) is 14.3 Å². The van der Waals surface area contributed by atoms with Gasteiger partial charge in [0.05, 0.1) is 29.9 Å². The summed E-state index contributed by atoms with van der Waals surface area (Å²) in [4.78, 5) is 24.0. The van der Waals surface area contributed by atoms with Crippen LogP contribution in [0.4, 0.5) is 5.69 Å². The standard InChI is InChI=1S/C26H26N4O3/c1-16-25(17(2)30(28-16)12-11-24(32)33)19-13-23(31)27-21-9-6-10-22-26(21)20(19)15-29(22)14-18-7-4-3-5-8-18/h3-10,15,19H,11-14H2,1-2H3,(H,27,31)(H,32,33). The third kappa shape index (κ3) is 3.80. The van der Waals surface area contributed by atoms with Crippen LogP contribution in [-0.2, 0) is 22.7 Å². The summed E-state index contributed by atoms with van der Waals surface area (Å²) >= 11 is 0. The summed E-state index contributed by atoms with van der Waals surface area (Å²) in [6, 6.07) is 16.3. The number of carbonyl (C=O) groups is 2. The van der Waals surface area contributed by atoms with Gasteiger partial charge in [0.1, 0.15) is 0 Å². The van der Waals surface area contributed by atoms with E-state index in [2.05, 4.69) is 39.4 Å². The van der Waals surface area contributed by atoms with E-state index >= 15 is 0 Å². The summed E-state index contributed by atoms with van der Waals surface area (Å²) < 4.78 is 4.00. The van der Waals surface area contributed by atoms with Crippen molar-refractivity contribution < 1.29 is 14.7 Å². The molecular weight excluding hydrogens is 416 g/mol. The highest BCUT2D eigenvalue weighted by Crippen LogP contribution is 2.42. The number of carboxylic acid groups (broad SMARTS) is 1. The molecule has 1 atom stereocenters. The van der Waals surface area contributed by atoms with Gasteiger partial charge in [0.25, 0.3) is 0 Å². The second kappa shape index (κ2) is 8.24. The minimum atomic E-state index is -0.855. The molecule has 0 radical (unpaired) electrons. The summed E-state index contributed by atoms with van der Waals surface area (Å²) in [7, 11) is 0. The Balaban J connectivity index is 1.65. The zero-order valence-electron chi connectivity index (χ0n) is 18.7. The van der Waals surface area contributed by atoms with Crippen molar-refractivity contribution in [2.24, 2.45) is 0 Å². The average molecular weight is 443 g/mol. The molecule has 0 saturated heterocycles. The second-order valence-electron chi connectivity index (χ2n) is 8.65. The van der Waals surface area contributed by atoms with Crippen LogP contribution in [0.2, 0.25) is 0 Å². The molecule has 0 spiro atoms. The van der Waals surface area contributed by atoms with Gasteiger partial charge in [0, 0.05) is 41.7 Å². The van der Waals surface area contributed by atoms with Gasteiger partial charge < -0.3 is 15.0 Å². The predicted octanol–water partition coefficient (Wildman–Crippen LogP) is 4.45. The number of carboxylic acids is 1. The molecule has 0 bridgehead atoms. The molecule has 2 aromatic carbocycles. The number of nitrogens with one attached hydrogen (secondary N) is 1. The number of aliphatic carboxylic acids is 1. The summed E-state index contributed by atoms with van der Waals surface area (Å²) in [5.74, 6) is -1.05. The van der Waals surface area contributed by atoms with E-state index in [1.807, 2.05) is 44.2 Å². The predicted molar refractivity (Wildman–Crippen MR) is 127 cm³/mol. The minimum Gasteiger partial charge on any atom is -0.481 e. The topological polar surface area (TPSA) is 89.2 Å². The fourth-order valence-corrected chi connectivity index (χ4v) is 5.05. The van der Waals surface area contributed by atoms with E-state index in [1.54, 1.807) is 4.68 Å². The Kier molecular flexibility index (Phi) is 5.24. The van der Waals surface area contributed by atoms with Crippen LogP contribution in [0.3, 0.4) is 0 Å². The first kappa shape index (κ1) is 21.0. The highest BCUT2D eigenvalue weighted by Gasteiger charge is 2.31. The molecule has 1 unspecified atom stereocenters. The molecule has 2 aromatic heterocycles. The number of hydrogen-bond donors (Lipinski definition) is 2. The summed E-state index contributed by atoms with van der Waals surface area (Å²) in [6.07, 6.45) is 2.48. The molecular formula is C26H26N4O3. The molecule has 0 fully saturated rings. The van der Waals surface area contributed by atoms with E-state index in [4.69, 9.17) is 5.11 Å². The quantitative estimate of drug-likeness (QED) is 0.462. The van der Waals surface area contributed by atoms with Gasteiger partial charge in [0.15, 0.2) is 0 Å². The molecule has 33 heavy (non-hydrogen) atoms. The largest absolute Gasteiger partial charge is 0.481 e. The average Bonchev–Trinajstić information content (AvgIpc) is 3.24. The Hall–Kier alpha value is -3.87. The van der Waals surface area contributed by atoms with E-state index in [0.717, 1.165) is 45.6 Å². The first-order chi connectivity index (χ1) is 15.9. The van der Waals surface area contributed by atoms with Crippen molar-refractivity contribution in [1.29, 1.82) is 0 Å². The summed E-state index contributed by atoms with van der Waals surface area (Å²) in [6.45, 7) is 4.94. The second-order valence-corrected chi connectivity index (χ2v) is 8.65. The van der Waals surface area contributed by atoms with Gasteiger partial charge in [-0.1, -0.05) is 36.4 Å². The monoisotopic (exact) mass is 442 g/mol. The van der Waals surface area contributed by atoms with Crippen LogP contribution in [0, 0.1) is 13.8 Å². The van der Waals surface area contributed by atoms with E-state index in [-0.39, 0.29) is 18.2 Å². The molecule has 2 N–H and O–H groups in total. The van der Waals surface area contributed by atoms with Gasteiger partial charge >= 0.3 is 5.97 Å². The summed E-state index contributed by atoms with van der Waals surface area (Å²) in [5.41, 5.74) is 6.96. The van der Waals surface area contributed by atoms with Crippen LogP contribution in [-0.4, -0.2) is 31.3 Å². The molecule has 168 valence electrons. The van der Waals surface area contributed by atoms with Crippen molar-refractivity contribution in [3.05, 3.63) is 82.8 Å². The van der Waals surface area contributed by atoms with Gasteiger partial charge in [-0.05, 0) is 37.1 Å². The number of amides is 1. The molecule has 1 aliphatic rings. The van der Waals surface area contributed by atoms with Crippen molar-refractivity contribution in [3.63, 3.8) is 0 Å². The molecule has 1 aliphatic heterocycles. The van der Waals surface area contributed by atoms with Crippen LogP contribution < -0.4 is 5.32 Å². The van der Waals surface area contributed by atoms with Gasteiger partial charge in [-0.15, -0.1) is 0 Å². The highest BCUT2D eigenvalue weighted by molar-refractivity contribution is 6.06. The maximum absolute atomic E-state index is 12.9. The highest BCUT2D eigenvalue weighted by atomic mass is 16.4. The molecule has 0 aliphatic carbocycles. The van der Waals surface area contributed by atoms with Crippen LogP contribution >= 0.6 is 0 Å². The number of carbonyl (C=O) groups excluding carboxylic acids is 1. The Morgan fingerprint density at radius 1 is 1.15 bits per heavy atom. The van der Waals surface area contributed by atoms with Crippen LogP contribution in [0.15, 0.2) is 54.7 Å². The van der Waals surface area contributed by atoms with Crippen LogP contribution in [0.25, 0.3) is 10.9 Å². The number of aromatic nitrogens is 3. The molecule has 3 heterocycles. The first-order valence-electron chi connectivity index (χ1n) is 11.1. The van der Waals surface area contributed by atoms with Crippen molar-refractivity contribution in [3.8, 4) is 0 Å². The smallest absolute Gasteiger partial charge is 0.305 e. The fraction of sp³-hybridized carbons (Fsp3) is 0.269. The Morgan fingerprint density at radius 2 is 1.94 bits per heavy atom. The Bertz CT molecular complexity index is 1370. The molecule has 7 nitrogen and oxygen atoms in total. The molecule has 1 amide bonds. The van der Waals surface area contributed by atoms with E-state index < -0.39 is 5.97 Å². The number of anilines is 1. The molecule has 0 saturated carbocycles.